The lowest BCUT2D eigenvalue weighted by atomic mass is 9.93. The molecule has 0 saturated carbocycles. The molecular formula is C7H14N3P. The largest absolute Gasteiger partial charge is 0.181 e. The molecule has 62 valence electrons. The molecule has 1 aromatic heterocycles. The third-order valence-corrected chi connectivity index (χ3v) is 1.79. The normalized spacial score (nSPS) is 12.0. The molecule has 0 N–H and O–H groups in total. The second-order valence-electron chi connectivity index (χ2n) is 3.53. The molecule has 0 aliphatic carbocycles. The molecule has 1 atom stereocenters. The van der Waals surface area contributed by atoms with Gasteiger partial charge in [0, 0.05) is 5.41 Å². The van der Waals surface area contributed by atoms with Gasteiger partial charge in [-0.2, -0.15) is 15.0 Å². The van der Waals surface area contributed by atoms with E-state index in [4.69, 9.17) is 0 Å². The standard InChI is InChI=1S/C7H14N3P/c1-7(2,3)6-4-8-10(5-11)9-6/h4H,5,11H2,1-3H3. The Kier molecular flexibility index (Phi) is 2.28. The van der Waals surface area contributed by atoms with Gasteiger partial charge in [0.05, 0.1) is 18.2 Å². The molecule has 1 heterocycles. The van der Waals surface area contributed by atoms with Crippen LogP contribution in [-0.2, 0) is 11.7 Å². The highest BCUT2D eigenvalue weighted by Crippen LogP contribution is 2.18. The lowest BCUT2D eigenvalue weighted by molar-refractivity contribution is 0.543. The first kappa shape index (κ1) is 8.66. The van der Waals surface area contributed by atoms with Crippen LogP contribution in [-0.4, -0.2) is 15.0 Å². The molecule has 11 heavy (non-hydrogen) atoms. The molecule has 1 rings (SSSR count). The molecule has 0 bridgehead atoms. The summed E-state index contributed by atoms with van der Waals surface area (Å²) in [5.41, 5.74) is 1.15. The molecule has 0 spiro atoms. The molecule has 4 heteroatoms. The van der Waals surface area contributed by atoms with Crippen molar-refractivity contribution in [3.05, 3.63) is 11.9 Å². The fraction of sp³-hybridized carbons (Fsp3) is 0.714. The average Bonchev–Trinajstić information content (AvgIpc) is 2.32. The van der Waals surface area contributed by atoms with E-state index in [-0.39, 0.29) is 5.41 Å². The van der Waals surface area contributed by atoms with Crippen LogP contribution in [0.2, 0.25) is 0 Å². The highest BCUT2D eigenvalue weighted by atomic mass is 31.0. The molecular weight excluding hydrogens is 157 g/mol. The molecule has 0 amide bonds. The minimum atomic E-state index is 0.109. The Morgan fingerprint density at radius 2 is 2.18 bits per heavy atom. The summed E-state index contributed by atoms with van der Waals surface area (Å²) in [6.07, 6.45) is 2.58. The molecule has 0 radical (unpaired) electrons. The van der Waals surface area contributed by atoms with Crippen molar-refractivity contribution >= 4 is 9.24 Å². The van der Waals surface area contributed by atoms with E-state index in [1.54, 1.807) is 4.80 Å². The minimum Gasteiger partial charge on any atom is -0.181 e. The van der Waals surface area contributed by atoms with Crippen LogP contribution < -0.4 is 0 Å². The number of hydrogen-bond donors (Lipinski definition) is 0. The Labute approximate surface area is 69.4 Å². The summed E-state index contributed by atoms with van der Waals surface area (Å²) in [6, 6.07) is 0. The van der Waals surface area contributed by atoms with Gasteiger partial charge in [0.1, 0.15) is 0 Å². The van der Waals surface area contributed by atoms with Gasteiger partial charge in [-0.25, -0.2) is 0 Å². The highest BCUT2D eigenvalue weighted by Gasteiger charge is 2.16. The topological polar surface area (TPSA) is 30.7 Å². The van der Waals surface area contributed by atoms with Crippen LogP contribution in [0.1, 0.15) is 26.5 Å². The summed E-state index contributed by atoms with van der Waals surface area (Å²) in [7, 11) is 2.59. The van der Waals surface area contributed by atoms with E-state index in [2.05, 4.69) is 40.2 Å². The van der Waals surface area contributed by atoms with Gasteiger partial charge in [-0.3, -0.25) is 0 Å². The van der Waals surface area contributed by atoms with Gasteiger partial charge in [-0.1, -0.05) is 20.8 Å². The van der Waals surface area contributed by atoms with E-state index in [1.165, 1.54) is 0 Å². The SMILES string of the molecule is CC(C)(C)c1cnn(CP)n1. The van der Waals surface area contributed by atoms with Crippen molar-refractivity contribution in [2.45, 2.75) is 32.5 Å². The van der Waals surface area contributed by atoms with Crippen LogP contribution in [0.4, 0.5) is 0 Å². The predicted molar refractivity (Wildman–Crippen MR) is 48.4 cm³/mol. The van der Waals surface area contributed by atoms with Gasteiger partial charge >= 0.3 is 0 Å². The van der Waals surface area contributed by atoms with E-state index in [0.29, 0.717) is 0 Å². The fourth-order valence-electron chi connectivity index (χ4n) is 0.729. The molecule has 0 aromatic carbocycles. The maximum atomic E-state index is 4.28. The third kappa shape index (κ3) is 2.00. The van der Waals surface area contributed by atoms with Gasteiger partial charge in [0.2, 0.25) is 0 Å². The molecule has 0 saturated heterocycles. The first-order valence-electron chi connectivity index (χ1n) is 3.64. The summed E-state index contributed by atoms with van der Waals surface area (Å²) in [5.74, 6) is 0. The second kappa shape index (κ2) is 2.90. The van der Waals surface area contributed by atoms with Crippen molar-refractivity contribution in [3.63, 3.8) is 0 Å². The number of hydrogen-bond acceptors (Lipinski definition) is 2. The van der Waals surface area contributed by atoms with Crippen molar-refractivity contribution in [2.75, 3.05) is 0 Å². The Morgan fingerprint density at radius 1 is 1.55 bits per heavy atom. The van der Waals surface area contributed by atoms with Gasteiger partial charge in [-0.15, -0.1) is 9.24 Å². The van der Waals surface area contributed by atoms with Gasteiger partial charge in [0.15, 0.2) is 0 Å². The van der Waals surface area contributed by atoms with Crippen molar-refractivity contribution < 1.29 is 0 Å². The van der Waals surface area contributed by atoms with Gasteiger partial charge in [0.25, 0.3) is 0 Å². The van der Waals surface area contributed by atoms with Gasteiger partial charge < -0.3 is 0 Å². The van der Waals surface area contributed by atoms with Crippen LogP contribution in [0, 0.1) is 0 Å². The zero-order valence-electron chi connectivity index (χ0n) is 7.20. The Morgan fingerprint density at radius 3 is 2.45 bits per heavy atom. The van der Waals surface area contributed by atoms with E-state index in [1.807, 2.05) is 6.20 Å². The van der Waals surface area contributed by atoms with Crippen LogP contribution in [0.5, 0.6) is 0 Å². The minimum absolute atomic E-state index is 0.109. The first-order valence-corrected chi connectivity index (χ1v) is 4.46. The summed E-state index contributed by atoms with van der Waals surface area (Å²) in [6.45, 7) is 6.39. The number of rotatable bonds is 1. The first-order chi connectivity index (χ1) is 5.04. The van der Waals surface area contributed by atoms with Crippen LogP contribution in [0.15, 0.2) is 6.20 Å². The quantitative estimate of drug-likeness (QED) is 0.598. The maximum Gasteiger partial charge on any atom is 0.0880 e. The highest BCUT2D eigenvalue weighted by molar-refractivity contribution is 7.15. The molecule has 0 aliphatic heterocycles. The summed E-state index contributed by atoms with van der Waals surface area (Å²) >= 11 is 0. The van der Waals surface area contributed by atoms with Crippen LogP contribution in [0.3, 0.4) is 0 Å². The zero-order valence-corrected chi connectivity index (χ0v) is 8.36. The smallest absolute Gasteiger partial charge is 0.0880 e. The van der Waals surface area contributed by atoms with Crippen molar-refractivity contribution in [2.24, 2.45) is 0 Å². The van der Waals surface area contributed by atoms with Crippen molar-refractivity contribution in [3.8, 4) is 0 Å². The molecule has 0 fully saturated rings. The monoisotopic (exact) mass is 171 g/mol. The fourth-order valence-corrected chi connectivity index (χ4v) is 0.905. The number of nitrogens with zero attached hydrogens (tertiary/aromatic N) is 3. The Bertz CT molecular complexity index is 236. The second-order valence-corrected chi connectivity index (χ2v) is 3.90. The molecule has 1 aromatic rings. The van der Waals surface area contributed by atoms with Gasteiger partial charge in [-0.05, 0) is 0 Å². The summed E-state index contributed by atoms with van der Waals surface area (Å²) in [5, 5.41) is 8.37. The number of aromatic nitrogens is 3. The van der Waals surface area contributed by atoms with E-state index < -0.39 is 0 Å². The third-order valence-electron chi connectivity index (χ3n) is 1.47. The molecule has 0 aliphatic rings. The average molecular weight is 171 g/mol. The van der Waals surface area contributed by atoms with Crippen LogP contribution >= 0.6 is 9.24 Å². The van der Waals surface area contributed by atoms with E-state index in [9.17, 15) is 0 Å². The summed E-state index contributed by atoms with van der Waals surface area (Å²) in [4.78, 5) is 1.67. The maximum absolute atomic E-state index is 4.28. The molecule has 3 nitrogen and oxygen atoms in total. The lowest BCUT2D eigenvalue weighted by Crippen LogP contribution is -2.12. The van der Waals surface area contributed by atoms with E-state index in [0.717, 1.165) is 12.0 Å². The van der Waals surface area contributed by atoms with E-state index >= 15 is 0 Å². The lowest BCUT2D eigenvalue weighted by Gasteiger charge is -2.12. The van der Waals surface area contributed by atoms with Crippen molar-refractivity contribution in [1.29, 1.82) is 0 Å². The van der Waals surface area contributed by atoms with Crippen molar-refractivity contribution in [1.82, 2.24) is 15.0 Å². The predicted octanol–water partition coefficient (Wildman–Crippen LogP) is 1.41. The molecule has 1 unspecified atom stereocenters. The van der Waals surface area contributed by atoms with Crippen LogP contribution in [0.25, 0.3) is 0 Å². The Balaban J connectivity index is 2.89. The Hall–Kier alpha value is -0.430. The summed E-state index contributed by atoms with van der Waals surface area (Å²) < 4.78 is 0. The zero-order chi connectivity index (χ0) is 8.48.